The summed E-state index contributed by atoms with van der Waals surface area (Å²) in [7, 11) is 1.35. The lowest BCUT2D eigenvalue weighted by Gasteiger charge is -2.12. The number of ether oxygens (including phenoxy) is 1. The molecular formula is C9H8BrN3O2. The van der Waals surface area contributed by atoms with E-state index in [1.165, 1.54) is 11.8 Å². The molecule has 0 aliphatic heterocycles. The third-order valence-corrected chi connectivity index (χ3v) is 3.10. The zero-order chi connectivity index (χ0) is 11.1. The molecule has 1 saturated carbocycles. The smallest absolute Gasteiger partial charge is 0.333 e. The van der Waals surface area contributed by atoms with Crippen LogP contribution in [0.1, 0.15) is 18.4 Å². The molecule has 15 heavy (non-hydrogen) atoms. The van der Waals surface area contributed by atoms with Crippen molar-refractivity contribution in [2.45, 2.75) is 18.4 Å². The molecule has 0 amide bonds. The Hall–Kier alpha value is -1.35. The molecular weight excluding hydrogens is 262 g/mol. The molecule has 1 aliphatic rings. The number of nitrogens with zero attached hydrogens (tertiary/aromatic N) is 3. The molecule has 1 aromatic heterocycles. The largest absolute Gasteiger partial charge is 0.467 e. The van der Waals surface area contributed by atoms with Gasteiger partial charge in [0.25, 0.3) is 0 Å². The van der Waals surface area contributed by atoms with Crippen molar-refractivity contribution in [1.82, 2.24) is 9.78 Å². The Balaban J connectivity index is 2.39. The van der Waals surface area contributed by atoms with Gasteiger partial charge in [0, 0.05) is 6.20 Å². The van der Waals surface area contributed by atoms with Crippen molar-refractivity contribution in [2.75, 3.05) is 7.11 Å². The van der Waals surface area contributed by atoms with Crippen molar-refractivity contribution in [1.29, 1.82) is 5.26 Å². The first-order valence-corrected chi connectivity index (χ1v) is 5.17. The first-order chi connectivity index (χ1) is 7.14. The maximum Gasteiger partial charge on any atom is 0.333 e. The van der Waals surface area contributed by atoms with Gasteiger partial charge in [-0.1, -0.05) is 0 Å². The van der Waals surface area contributed by atoms with E-state index in [4.69, 9.17) is 10.00 Å². The number of nitriles is 1. The van der Waals surface area contributed by atoms with Crippen LogP contribution in [0.25, 0.3) is 0 Å². The number of carbonyl (C=O) groups excluding carboxylic acids is 1. The summed E-state index contributed by atoms with van der Waals surface area (Å²) in [5.41, 5.74) is -0.253. The van der Waals surface area contributed by atoms with Gasteiger partial charge in [0.1, 0.15) is 16.2 Å². The van der Waals surface area contributed by atoms with Crippen LogP contribution in [0.15, 0.2) is 10.8 Å². The fourth-order valence-electron chi connectivity index (χ4n) is 1.48. The molecule has 0 N–H and O–H groups in total. The molecule has 0 saturated heterocycles. The predicted molar refractivity (Wildman–Crippen MR) is 53.9 cm³/mol. The van der Waals surface area contributed by atoms with Gasteiger partial charge in [-0.15, -0.1) is 0 Å². The lowest BCUT2D eigenvalue weighted by Crippen LogP contribution is -2.29. The highest BCUT2D eigenvalue weighted by Gasteiger charge is 2.54. The maximum absolute atomic E-state index is 11.5. The van der Waals surface area contributed by atoms with Crippen LogP contribution in [0.4, 0.5) is 0 Å². The number of halogens is 1. The highest BCUT2D eigenvalue weighted by molar-refractivity contribution is 9.10. The van der Waals surface area contributed by atoms with Crippen LogP contribution in [0.5, 0.6) is 0 Å². The zero-order valence-electron chi connectivity index (χ0n) is 8.03. The highest BCUT2D eigenvalue weighted by Crippen LogP contribution is 2.44. The number of hydrogen-bond donors (Lipinski definition) is 0. The second-order valence-corrected chi connectivity index (χ2v) is 4.16. The van der Waals surface area contributed by atoms with E-state index >= 15 is 0 Å². The molecule has 0 unspecified atom stereocenters. The summed E-state index contributed by atoms with van der Waals surface area (Å²) in [6, 6.07) is 1.99. The van der Waals surface area contributed by atoms with Crippen molar-refractivity contribution < 1.29 is 9.53 Å². The monoisotopic (exact) mass is 269 g/mol. The van der Waals surface area contributed by atoms with Gasteiger partial charge < -0.3 is 4.74 Å². The maximum atomic E-state index is 11.5. The van der Waals surface area contributed by atoms with Crippen molar-refractivity contribution in [2.24, 2.45) is 0 Å². The summed E-state index contributed by atoms with van der Waals surface area (Å²) in [6.45, 7) is 0. The molecule has 2 rings (SSSR count). The van der Waals surface area contributed by atoms with Crippen LogP contribution >= 0.6 is 15.9 Å². The van der Waals surface area contributed by atoms with Crippen LogP contribution in [0.2, 0.25) is 0 Å². The van der Waals surface area contributed by atoms with Gasteiger partial charge in [-0.3, -0.25) is 4.68 Å². The zero-order valence-corrected chi connectivity index (χ0v) is 9.61. The summed E-state index contributed by atoms with van der Waals surface area (Å²) in [6.07, 6.45) is 2.98. The van der Waals surface area contributed by atoms with Crippen molar-refractivity contribution >= 4 is 21.9 Å². The number of hydrogen-bond acceptors (Lipinski definition) is 4. The highest BCUT2D eigenvalue weighted by atomic mass is 79.9. The van der Waals surface area contributed by atoms with Crippen LogP contribution < -0.4 is 0 Å². The topological polar surface area (TPSA) is 67.9 Å². The third kappa shape index (κ3) is 1.43. The van der Waals surface area contributed by atoms with Gasteiger partial charge in [-0.05, 0) is 28.8 Å². The van der Waals surface area contributed by atoms with Gasteiger partial charge in [0.05, 0.1) is 7.11 Å². The van der Waals surface area contributed by atoms with Crippen molar-refractivity contribution in [3.63, 3.8) is 0 Å². The molecule has 6 heteroatoms. The number of esters is 1. The molecule has 1 heterocycles. The van der Waals surface area contributed by atoms with Crippen molar-refractivity contribution in [3.8, 4) is 6.07 Å². The lowest BCUT2D eigenvalue weighted by atomic mass is 10.3. The fraction of sp³-hybridized carbons (Fsp3) is 0.444. The molecule has 0 spiro atoms. The van der Waals surface area contributed by atoms with Crippen LogP contribution in [0, 0.1) is 11.3 Å². The molecule has 1 aliphatic carbocycles. The number of rotatable bonds is 2. The van der Waals surface area contributed by atoms with Crippen LogP contribution in [-0.2, 0) is 15.1 Å². The van der Waals surface area contributed by atoms with Gasteiger partial charge in [-0.25, -0.2) is 4.79 Å². The number of aromatic nitrogens is 2. The summed E-state index contributed by atoms with van der Waals surface area (Å²) < 4.78 is 6.69. The normalized spacial score (nSPS) is 16.9. The molecule has 0 atom stereocenters. The Bertz CT molecular complexity index is 456. The van der Waals surface area contributed by atoms with Crippen molar-refractivity contribution in [3.05, 3.63) is 16.4 Å². The fourth-order valence-corrected chi connectivity index (χ4v) is 1.84. The minimum atomic E-state index is -0.674. The summed E-state index contributed by atoms with van der Waals surface area (Å²) >= 11 is 3.16. The van der Waals surface area contributed by atoms with E-state index in [-0.39, 0.29) is 5.97 Å². The predicted octanol–water partition coefficient (Wildman–Crippen LogP) is 1.18. The summed E-state index contributed by atoms with van der Waals surface area (Å²) in [4.78, 5) is 11.5. The SMILES string of the molecule is COC(=O)C1(n2cc(C#N)c(Br)n2)CC1. The summed E-state index contributed by atoms with van der Waals surface area (Å²) in [5.74, 6) is -0.304. The van der Waals surface area contributed by atoms with E-state index in [9.17, 15) is 4.79 Å². The van der Waals surface area contributed by atoms with Gasteiger partial charge in [0.2, 0.25) is 0 Å². The number of methoxy groups -OCH3 is 1. The number of carbonyl (C=O) groups is 1. The molecule has 78 valence electrons. The molecule has 1 aromatic rings. The molecule has 0 radical (unpaired) electrons. The molecule has 0 bridgehead atoms. The van der Waals surface area contributed by atoms with Gasteiger partial charge in [0.15, 0.2) is 5.54 Å². The Morgan fingerprint density at radius 2 is 2.47 bits per heavy atom. The Morgan fingerprint density at radius 3 is 2.87 bits per heavy atom. The average molecular weight is 270 g/mol. The van der Waals surface area contributed by atoms with Gasteiger partial charge >= 0.3 is 5.97 Å². The van der Waals surface area contributed by atoms with E-state index in [1.54, 1.807) is 6.20 Å². The van der Waals surface area contributed by atoms with Crippen LogP contribution in [-0.4, -0.2) is 22.9 Å². The second kappa shape index (κ2) is 3.35. The average Bonchev–Trinajstić information content (AvgIpc) is 2.97. The quantitative estimate of drug-likeness (QED) is 0.757. The van der Waals surface area contributed by atoms with E-state index in [1.807, 2.05) is 6.07 Å². The van der Waals surface area contributed by atoms with E-state index in [0.717, 1.165) is 0 Å². The van der Waals surface area contributed by atoms with E-state index in [0.29, 0.717) is 23.0 Å². The second-order valence-electron chi connectivity index (χ2n) is 3.41. The third-order valence-electron chi connectivity index (χ3n) is 2.52. The Labute approximate surface area is 94.8 Å². The van der Waals surface area contributed by atoms with Crippen LogP contribution in [0.3, 0.4) is 0 Å². The Kier molecular flexibility index (Phi) is 2.27. The lowest BCUT2D eigenvalue weighted by molar-refractivity contribution is -0.146. The first kappa shape index (κ1) is 10.2. The van der Waals surface area contributed by atoms with Gasteiger partial charge in [-0.2, -0.15) is 10.4 Å². The minimum absolute atomic E-state index is 0.304. The summed E-state index contributed by atoms with van der Waals surface area (Å²) in [5, 5.41) is 12.9. The first-order valence-electron chi connectivity index (χ1n) is 4.38. The Morgan fingerprint density at radius 1 is 1.80 bits per heavy atom. The molecule has 0 aromatic carbocycles. The minimum Gasteiger partial charge on any atom is -0.467 e. The van der Waals surface area contributed by atoms with E-state index in [2.05, 4.69) is 21.0 Å². The molecule has 1 fully saturated rings. The standard InChI is InChI=1S/C9H8BrN3O2/c1-15-8(14)9(2-3-9)13-5-6(4-11)7(10)12-13/h5H,2-3H2,1H3. The molecule has 5 nitrogen and oxygen atoms in total. The van der Waals surface area contributed by atoms with E-state index < -0.39 is 5.54 Å².